The summed E-state index contributed by atoms with van der Waals surface area (Å²) < 4.78 is 28.0. The van der Waals surface area contributed by atoms with Crippen molar-refractivity contribution in [2.75, 3.05) is 12.3 Å². The standard InChI is InChI=1S/C13H24N4O2S2/c1-3-14-8-10-9-15-16-13(10)21(18,19)17-11-6-5-7-12(11)20-4-2/h9,11-12,14,17H,3-8H2,1-2H3,(H,15,16). The zero-order valence-electron chi connectivity index (χ0n) is 12.6. The fourth-order valence-electron chi connectivity index (χ4n) is 2.65. The zero-order valence-corrected chi connectivity index (χ0v) is 14.2. The first-order valence-corrected chi connectivity index (χ1v) is 9.98. The van der Waals surface area contributed by atoms with Crippen LogP contribution in [0.1, 0.15) is 38.7 Å². The lowest BCUT2D eigenvalue weighted by Gasteiger charge is -2.20. The molecule has 2 rings (SSSR count). The number of hydrogen-bond acceptors (Lipinski definition) is 5. The Labute approximate surface area is 130 Å². The summed E-state index contributed by atoms with van der Waals surface area (Å²) in [7, 11) is -3.53. The van der Waals surface area contributed by atoms with Crippen molar-refractivity contribution in [1.29, 1.82) is 0 Å². The number of sulfonamides is 1. The number of nitrogens with zero attached hydrogens (tertiary/aromatic N) is 1. The molecule has 6 nitrogen and oxygen atoms in total. The molecule has 1 aromatic heterocycles. The lowest BCUT2D eigenvalue weighted by molar-refractivity contribution is 0.549. The molecule has 1 saturated carbocycles. The van der Waals surface area contributed by atoms with E-state index in [1.165, 1.54) is 0 Å². The predicted molar refractivity (Wildman–Crippen MR) is 85.8 cm³/mol. The van der Waals surface area contributed by atoms with E-state index >= 15 is 0 Å². The molecule has 1 aliphatic rings. The van der Waals surface area contributed by atoms with Gasteiger partial charge in [-0.05, 0) is 25.1 Å². The first-order chi connectivity index (χ1) is 10.1. The molecule has 2 unspecified atom stereocenters. The van der Waals surface area contributed by atoms with Gasteiger partial charge in [-0.25, -0.2) is 13.1 Å². The van der Waals surface area contributed by atoms with Crippen LogP contribution in [0.25, 0.3) is 0 Å². The minimum Gasteiger partial charge on any atom is -0.313 e. The van der Waals surface area contributed by atoms with Crippen LogP contribution >= 0.6 is 11.8 Å². The molecule has 1 fully saturated rings. The van der Waals surface area contributed by atoms with Gasteiger partial charge in [-0.3, -0.25) is 5.10 Å². The van der Waals surface area contributed by atoms with Gasteiger partial charge >= 0.3 is 0 Å². The molecule has 0 aromatic carbocycles. The van der Waals surface area contributed by atoms with E-state index in [1.54, 1.807) is 6.20 Å². The monoisotopic (exact) mass is 332 g/mol. The van der Waals surface area contributed by atoms with Crippen LogP contribution in [0.15, 0.2) is 11.2 Å². The Morgan fingerprint density at radius 1 is 1.43 bits per heavy atom. The van der Waals surface area contributed by atoms with E-state index in [-0.39, 0.29) is 11.1 Å². The highest BCUT2D eigenvalue weighted by atomic mass is 32.2. The molecule has 1 aromatic rings. The summed E-state index contributed by atoms with van der Waals surface area (Å²) in [6.07, 6.45) is 4.65. The fraction of sp³-hybridized carbons (Fsp3) is 0.769. The number of thioether (sulfide) groups is 1. The SMILES string of the molecule is CCNCc1cn[nH]c1S(=O)(=O)NC1CCCC1SCC. The van der Waals surface area contributed by atoms with E-state index in [4.69, 9.17) is 0 Å². The quantitative estimate of drug-likeness (QED) is 0.671. The molecule has 0 amide bonds. The second-order valence-corrected chi connectivity index (χ2v) is 8.32. The van der Waals surface area contributed by atoms with Crippen molar-refractivity contribution >= 4 is 21.8 Å². The van der Waals surface area contributed by atoms with E-state index in [0.29, 0.717) is 17.4 Å². The van der Waals surface area contributed by atoms with Gasteiger partial charge in [-0.1, -0.05) is 20.3 Å². The van der Waals surface area contributed by atoms with Crippen LogP contribution in [-0.4, -0.2) is 42.2 Å². The summed E-state index contributed by atoms with van der Waals surface area (Å²) in [4.78, 5) is 0. The predicted octanol–water partition coefficient (Wildman–Crippen LogP) is 1.47. The summed E-state index contributed by atoms with van der Waals surface area (Å²) in [5.41, 5.74) is 0.682. The molecule has 8 heteroatoms. The average molecular weight is 332 g/mol. The van der Waals surface area contributed by atoms with Gasteiger partial charge in [-0.2, -0.15) is 16.9 Å². The van der Waals surface area contributed by atoms with Gasteiger partial charge in [0.1, 0.15) is 0 Å². The summed E-state index contributed by atoms with van der Waals surface area (Å²) >= 11 is 1.84. The van der Waals surface area contributed by atoms with E-state index in [1.807, 2.05) is 18.7 Å². The second-order valence-electron chi connectivity index (χ2n) is 5.16. The molecule has 0 saturated heterocycles. The maximum atomic E-state index is 12.6. The smallest absolute Gasteiger partial charge is 0.258 e. The maximum Gasteiger partial charge on any atom is 0.258 e. The summed E-state index contributed by atoms with van der Waals surface area (Å²) in [6, 6.07) is 0.0234. The number of nitrogens with one attached hydrogen (secondary N) is 3. The summed E-state index contributed by atoms with van der Waals surface area (Å²) in [5, 5.41) is 10.2. The summed E-state index contributed by atoms with van der Waals surface area (Å²) in [6.45, 7) is 5.38. The van der Waals surface area contributed by atoms with Crippen LogP contribution in [0.2, 0.25) is 0 Å². The fourth-order valence-corrected chi connectivity index (χ4v) is 5.38. The van der Waals surface area contributed by atoms with Gasteiger partial charge in [0.05, 0.1) is 6.20 Å². The lowest BCUT2D eigenvalue weighted by atomic mass is 10.3. The highest BCUT2D eigenvalue weighted by Crippen LogP contribution is 2.31. The van der Waals surface area contributed by atoms with Crippen LogP contribution in [0.4, 0.5) is 0 Å². The highest BCUT2D eigenvalue weighted by Gasteiger charge is 2.32. The summed E-state index contributed by atoms with van der Waals surface area (Å²) in [5.74, 6) is 1.01. The van der Waals surface area contributed by atoms with Gasteiger partial charge in [0, 0.05) is 23.4 Å². The molecule has 21 heavy (non-hydrogen) atoms. The Balaban J connectivity index is 2.09. The Kier molecular flexibility index (Phi) is 6.09. The Morgan fingerprint density at radius 2 is 2.24 bits per heavy atom. The zero-order chi connectivity index (χ0) is 15.3. The molecule has 1 aliphatic carbocycles. The van der Waals surface area contributed by atoms with Gasteiger partial charge in [0.2, 0.25) is 0 Å². The second kappa shape index (κ2) is 7.62. The van der Waals surface area contributed by atoms with E-state index < -0.39 is 10.0 Å². The number of rotatable bonds is 8. The van der Waals surface area contributed by atoms with E-state index in [9.17, 15) is 8.42 Å². The van der Waals surface area contributed by atoms with E-state index in [0.717, 1.165) is 31.6 Å². The molecule has 0 radical (unpaired) electrons. The number of aromatic nitrogens is 2. The van der Waals surface area contributed by atoms with Gasteiger partial charge in [0.25, 0.3) is 10.0 Å². The Hall–Kier alpha value is -0.570. The van der Waals surface area contributed by atoms with Crippen molar-refractivity contribution in [3.63, 3.8) is 0 Å². The average Bonchev–Trinajstić information content (AvgIpc) is 3.06. The maximum absolute atomic E-state index is 12.6. The highest BCUT2D eigenvalue weighted by molar-refractivity contribution is 8.00. The van der Waals surface area contributed by atoms with Crippen LogP contribution in [0.5, 0.6) is 0 Å². The third-order valence-electron chi connectivity index (χ3n) is 3.65. The third-order valence-corrected chi connectivity index (χ3v) is 6.48. The van der Waals surface area contributed by atoms with Crippen LogP contribution in [0, 0.1) is 0 Å². The molecular weight excluding hydrogens is 308 g/mol. The van der Waals surface area contributed by atoms with Gasteiger partial charge in [0.15, 0.2) is 5.03 Å². The van der Waals surface area contributed by atoms with Gasteiger partial charge < -0.3 is 5.32 Å². The molecule has 0 spiro atoms. The Morgan fingerprint density at radius 3 is 2.95 bits per heavy atom. The number of aromatic amines is 1. The molecular formula is C13H24N4O2S2. The largest absolute Gasteiger partial charge is 0.313 e. The lowest BCUT2D eigenvalue weighted by Crippen LogP contribution is -2.39. The van der Waals surface area contributed by atoms with Crippen LogP contribution in [-0.2, 0) is 16.6 Å². The topological polar surface area (TPSA) is 86.9 Å². The van der Waals surface area contributed by atoms with Crippen molar-refractivity contribution in [3.8, 4) is 0 Å². The number of H-pyrrole nitrogens is 1. The van der Waals surface area contributed by atoms with Crippen molar-refractivity contribution in [2.24, 2.45) is 0 Å². The van der Waals surface area contributed by atoms with Crippen LogP contribution < -0.4 is 10.0 Å². The van der Waals surface area contributed by atoms with Crippen molar-refractivity contribution in [3.05, 3.63) is 11.8 Å². The van der Waals surface area contributed by atoms with E-state index in [2.05, 4.69) is 27.2 Å². The Bertz CT molecular complexity index is 544. The molecule has 0 bridgehead atoms. The first-order valence-electron chi connectivity index (χ1n) is 7.45. The molecule has 120 valence electrons. The molecule has 3 N–H and O–H groups in total. The minimum atomic E-state index is -3.53. The molecule has 2 atom stereocenters. The van der Waals surface area contributed by atoms with Crippen molar-refractivity contribution in [2.45, 2.75) is 56.0 Å². The van der Waals surface area contributed by atoms with Gasteiger partial charge in [-0.15, -0.1) is 0 Å². The van der Waals surface area contributed by atoms with Crippen LogP contribution in [0.3, 0.4) is 0 Å². The van der Waals surface area contributed by atoms with Crippen molar-refractivity contribution in [1.82, 2.24) is 20.2 Å². The minimum absolute atomic E-state index is 0.0234. The molecule has 0 aliphatic heterocycles. The van der Waals surface area contributed by atoms with Crippen molar-refractivity contribution < 1.29 is 8.42 Å². The number of hydrogen-bond donors (Lipinski definition) is 3. The third kappa shape index (κ3) is 4.21. The normalized spacial score (nSPS) is 22.8. The molecule has 1 heterocycles. The first kappa shape index (κ1) is 16.8.